The molecule has 0 atom stereocenters. The Balaban J connectivity index is 2.10. The number of aromatic amines is 1. The fraction of sp³-hybridized carbons (Fsp3) is 0.118. The minimum atomic E-state index is -0.0539. The third kappa shape index (κ3) is 2.41. The van der Waals surface area contributed by atoms with Gasteiger partial charge in [0.15, 0.2) is 5.78 Å². The quantitative estimate of drug-likeness (QED) is 0.730. The second-order valence-corrected chi connectivity index (χ2v) is 5.34. The lowest BCUT2D eigenvalue weighted by molar-refractivity contribution is 0.104. The highest BCUT2D eigenvalue weighted by molar-refractivity contribution is 6.31. The fourth-order valence-corrected chi connectivity index (χ4v) is 2.57. The number of carbonyl (C=O) groups is 1. The maximum absolute atomic E-state index is 12.7. The molecule has 0 unspecified atom stereocenters. The minimum absolute atomic E-state index is 0.0539. The van der Waals surface area contributed by atoms with E-state index in [4.69, 9.17) is 16.3 Å². The van der Waals surface area contributed by atoms with E-state index in [1.165, 1.54) is 0 Å². The predicted octanol–water partition coefficient (Wildman–Crippen LogP) is 4.37. The maximum atomic E-state index is 12.7. The highest BCUT2D eigenvalue weighted by Gasteiger charge is 2.15. The van der Waals surface area contributed by atoms with E-state index in [9.17, 15) is 4.79 Å². The van der Waals surface area contributed by atoms with Gasteiger partial charge in [0.25, 0.3) is 0 Å². The van der Waals surface area contributed by atoms with Crippen LogP contribution < -0.4 is 4.74 Å². The Hall–Kier alpha value is -2.26. The summed E-state index contributed by atoms with van der Waals surface area (Å²) in [5.41, 5.74) is 3.09. The molecule has 1 heterocycles. The van der Waals surface area contributed by atoms with Crippen molar-refractivity contribution in [3.63, 3.8) is 0 Å². The first-order valence-electron chi connectivity index (χ1n) is 6.56. The SMILES string of the molecule is COc1cc(C(=O)c2c[nH]c3ccc(Cl)cc23)ccc1C. The number of nitrogens with one attached hydrogen (secondary N) is 1. The molecule has 3 rings (SSSR count). The zero-order valence-electron chi connectivity index (χ0n) is 11.7. The molecular weight excluding hydrogens is 286 g/mol. The van der Waals surface area contributed by atoms with Crippen molar-refractivity contribution in [3.8, 4) is 5.75 Å². The van der Waals surface area contributed by atoms with E-state index in [1.807, 2.05) is 25.1 Å². The minimum Gasteiger partial charge on any atom is -0.496 e. The topological polar surface area (TPSA) is 42.1 Å². The molecule has 0 aliphatic heterocycles. The molecule has 1 N–H and O–H groups in total. The highest BCUT2D eigenvalue weighted by Crippen LogP contribution is 2.26. The number of ether oxygens (including phenoxy) is 1. The summed E-state index contributed by atoms with van der Waals surface area (Å²) in [5, 5.41) is 1.43. The van der Waals surface area contributed by atoms with E-state index >= 15 is 0 Å². The monoisotopic (exact) mass is 299 g/mol. The number of methoxy groups -OCH3 is 1. The van der Waals surface area contributed by atoms with Crippen LogP contribution in [-0.4, -0.2) is 17.9 Å². The molecule has 21 heavy (non-hydrogen) atoms. The third-order valence-electron chi connectivity index (χ3n) is 3.56. The first kappa shape index (κ1) is 13.7. The lowest BCUT2D eigenvalue weighted by atomic mass is 10.0. The van der Waals surface area contributed by atoms with E-state index in [1.54, 1.807) is 31.5 Å². The summed E-state index contributed by atoms with van der Waals surface area (Å²) in [7, 11) is 1.60. The van der Waals surface area contributed by atoms with Crippen LogP contribution in [0.3, 0.4) is 0 Å². The molecule has 3 aromatic rings. The average Bonchev–Trinajstić information content (AvgIpc) is 2.90. The molecule has 2 aromatic carbocycles. The number of hydrogen-bond acceptors (Lipinski definition) is 2. The van der Waals surface area contributed by atoms with Gasteiger partial charge in [0, 0.05) is 33.2 Å². The Morgan fingerprint density at radius 1 is 1.19 bits per heavy atom. The van der Waals surface area contributed by atoms with Gasteiger partial charge in [-0.2, -0.15) is 0 Å². The lowest BCUT2D eigenvalue weighted by Crippen LogP contribution is -2.01. The van der Waals surface area contributed by atoms with Gasteiger partial charge >= 0.3 is 0 Å². The molecule has 0 aliphatic rings. The zero-order valence-corrected chi connectivity index (χ0v) is 12.5. The predicted molar refractivity (Wildman–Crippen MR) is 84.5 cm³/mol. The Morgan fingerprint density at radius 3 is 2.76 bits per heavy atom. The van der Waals surface area contributed by atoms with Crippen LogP contribution in [0.1, 0.15) is 21.5 Å². The standard InChI is InChI=1S/C17H14ClNO2/c1-10-3-4-11(7-16(10)21-2)17(20)14-9-19-15-6-5-12(18)8-13(14)15/h3-9,19H,1-2H3. The number of aryl methyl sites for hydroxylation is 1. The van der Waals surface area contributed by atoms with Gasteiger partial charge in [0.2, 0.25) is 0 Å². The van der Waals surface area contributed by atoms with Crippen molar-refractivity contribution in [1.82, 2.24) is 4.98 Å². The molecule has 0 saturated heterocycles. The number of H-pyrrole nitrogens is 1. The Bertz CT molecular complexity index is 836. The largest absolute Gasteiger partial charge is 0.496 e. The van der Waals surface area contributed by atoms with Crippen molar-refractivity contribution >= 4 is 28.3 Å². The van der Waals surface area contributed by atoms with Crippen molar-refractivity contribution in [2.75, 3.05) is 7.11 Å². The van der Waals surface area contributed by atoms with Crippen LogP contribution in [0.2, 0.25) is 5.02 Å². The molecule has 106 valence electrons. The van der Waals surface area contributed by atoms with Crippen molar-refractivity contribution in [1.29, 1.82) is 0 Å². The van der Waals surface area contributed by atoms with Gasteiger partial charge in [-0.25, -0.2) is 0 Å². The van der Waals surface area contributed by atoms with Gasteiger partial charge in [0.05, 0.1) is 7.11 Å². The number of fused-ring (bicyclic) bond motifs is 1. The summed E-state index contributed by atoms with van der Waals surface area (Å²) in [4.78, 5) is 15.8. The first-order chi connectivity index (χ1) is 10.1. The fourth-order valence-electron chi connectivity index (χ4n) is 2.40. The van der Waals surface area contributed by atoms with E-state index in [0.717, 1.165) is 16.5 Å². The summed E-state index contributed by atoms with van der Waals surface area (Å²) in [6.45, 7) is 1.94. The zero-order chi connectivity index (χ0) is 15.0. The number of aromatic nitrogens is 1. The van der Waals surface area contributed by atoms with Crippen molar-refractivity contribution in [2.45, 2.75) is 6.92 Å². The molecule has 4 heteroatoms. The van der Waals surface area contributed by atoms with Gasteiger partial charge in [-0.15, -0.1) is 0 Å². The molecule has 0 aliphatic carbocycles. The van der Waals surface area contributed by atoms with Crippen LogP contribution in [0.25, 0.3) is 10.9 Å². The van der Waals surface area contributed by atoms with Crippen molar-refractivity contribution in [2.24, 2.45) is 0 Å². The summed E-state index contributed by atoms with van der Waals surface area (Å²) in [5.74, 6) is 0.653. The van der Waals surface area contributed by atoms with Gasteiger partial charge in [-0.1, -0.05) is 23.7 Å². The molecule has 0 fully saturated rings. The molecule has 0 saturated carbocycles. The van der Waals surface area contributed by atoms with Crippen LogP contribution in [0.15, 0.2) is 42.6 Å². The molecule has 3 nitrogen and oxygen atoms in total. The third-order valence-corrected chi connectivity index (χ3v) is 3.79. The van der Waals surface area contributed by atoms with Crippen LogP contribution in [-0.2, 0) is 0 Å². The van der Waals surface area contributed by atoms with Gasteiger partial charge < -0.3 is 9.72 Å². The molecule has 0 amide bonds. The maximum Gasteiger partial charge on any atom is 0.195 e. The summed E-state index contributed by atoms with van der Waals surface area (Å²) in [6.07, 6.45) is 1.72. The van der Waals surface area contributed by atoms with Gasteiger partial charge in [-0.05, 0) is 36.8 Å². The van der Waals surface area contributed by atoms with Crippen LogP contribution in [0.4, 0.5) is 0 Å². The van der Waals surface area contributed by atoms with Crippen LogP contribution >= 0.6 is 11.6 Å². The number of benzene rings is 2. The number of ketones is 1. The van der Waals surface area contributed by atoms with Gasteiger partial charge in [-0.3, -0.25) is 4.79 Å². The van der Waals surface area contributed by atoms with E-state index < -0.39 is 0 Å². The first-order valence-corrected chi connectivity index (χ1v) is 6.94. The van der Waals surface area contributed by atoms with E-state index in [2.05, 4.69) is 4.98 Å². The summed E-state index contributed by atoms with van der Waals surface area (Å²) in [6, 6.07) is 10.9. The number of carbonyl (C=O) groups excluding carboxylic acids is 1. The molecular formula is C17H14ClNO2. The summed E-state index contributed by atoms with van der Waals surface area (Å²) >= 11 is 6.02. The number of halogens is 1. The van der Waals surface area contributed by atoms with Crippen molar-refractivity contribution in [3.05, 3.63) is 64.3 Å². The smallest absolute Gasteiger partial charge is 0.195 e. The number of rotatable bonds is 3. The highest BCUT2D eigenvalue weighted by atomic mass is 35.5. The molecule has 0 bridgehead atoms. The second kappa shape index (κ2) is 5.26. The molecule has 0 spiro atoms. The average molecular weight is 300 g/mol. The Morgan fingerprint density at radius 2 is 2.00 bits per heavy atom. The van der Waals surface area contributed by atoms with Gasteiger partial charge in [0.1, 0.15) is 5.75 Å². The van der Waals surface area contributed by atoms with Crippen LogP contribution in [0, 0.1) is 6.92 Å². The van der Waals surface area contributed by atoms with Crippen molar-refractivity contribution < 1.29 is 9.53 Å². The van der Waals surface area contributed by atoms with E-state index in [0.29, 0.717) is 21.9 Å². The van der Waals surface area contributed by atoms with Crippen LogP contribution in [0.5, 0.6) is 5.75 Å². The molecule has 0 radical (unpaired) electrons. The number of hydrogen-bond donors (Lipinski definition) is 1. The van der Waals surface area contributed by atoms with E-state index in [-0.39, 0.29) is 5.78 Å². The molecule has 1 aromatic heterocycles. The summed E-state index contributed by atoms with van der Waals surface area (Å²) < 4.78 is 5.28. The second-order valence-electron chi connectivity index (χ2n) is 4.91. The lowest BCUT2D eigenvalue weighted by Gasteiger charge is -2.06. The normalized spacial score (nSPS) is 10.8. The Kier molecular flexibility index (Phi) is 3.43. The Labute approximate surface area is 127 Å².